The molecule has 1 aliphatic rings. The second-order valence-electron chi connectivity index (χ2n) is 5.20. The zero-order valence-electron chi connectivity index (χ0n) is 11.3. The number of hydrogen-bond acceptors (Lipinski definition) is 4. The van der Waals surface area contributed by atoms with E-state index >= 15 is 0 Å². The fourth-order valence-corrected chi connectivity index (χ4v) is 3.42. The van der Waals surface area contributed by atoms with Gasteiger partial charge in [0, 0.05) is 23.6 Å². The van der Waals surface area contributed by atoms with Crippen molar-refractivity contribution < 1.29 is 14.6 Å². The molecule has 0 amide bonds. The minimum atomic E-state index is -0.687. The highest BCUT2D eigenvalue weighted by Crippen LogP contribution is 2.51. The van der Waals surface area contributed by atoms with E-state index in [1.165, 1.54) is 0 Å². The van der Waals surface area contributed by atoms with Gasteiger partial charge in [-0.05, 0) is 30.9 Å². The van der Waals surface area contributed by atoms with Crippen molar-refractivity contribution in [1.29, 1.82) is 0 Å². The first-order chi connectivity index (χ1) is 9.03. The van der Waals surface area contributed by atoms with Crippen LogP contribution in [0.4, 0.5) is 0 Å². The number of nitrogens with zero attached hydrogens (tertiary/aromatic N) is 1. The first-order valence-electron chi connectivity index (χ1n) is 6.34. The second kappa shape index (κ2) is 5.82. The summed E-state index contributed by atoms with van der Waals surface area (Å²) in [5.74, 6) is 1.85. The van der Waals surface area contributed by atoms with E-state index in [9.17, 15) is 4.79 Å². The molecular formula is C14H19NO3S. The summed E-state index contributed by atoms with van der Waals surface area (Å²) >= 11 is 1.76. The Morgan fingerprint density at radius 1 is 1.53 bits per heavy atom. The van der Waals surface area contributed by atoms with E-state index in [1.54, 1.807) is 18.9 Å². The van der Waals surface area contributed by atoms with Crippen LogP contribution in [-0.4, -0.2) is 28.9 Å². The topological polar surface area (TPSA) is 59.4 Å². The van der Waals surface area contributed by atoms with E-state index in [0.717, 1.165) is 41.5 Å². The molecule has 1 N–H and O–H groups in total. The number of ether oxygens (including phenoxy) is 1. The Kier molecular flexibility index (Phi) is 4.34. The summed E-state index contributed by atoms with van der Waals surface area (Å²) < 4.78 is 5.22. The van der Waals surface area contributed by atoms with Crippen LogP contribution in [0, 0.1) is 12.3 Å². The highest BCUT2D eigenvalue weighted by Gasteiger charge is 2.44. The van der Waals surface area contributed by atoms with Crippen LogP contribution in [0.25, 0.3) is 0 Å². The molecule has 1 aromatic heterocycles. The van der Waals surface area contributed by atoms with Gasteiger partial charge >= 0.3 is 5.97 Å². The van der Waals surface area contributed by atoms with Crippen molar-refractivity contribution in [3.8, 4) is 5.75 Å². The highest BCUT2D eigenvalue weighted by molar-refractivity contribution is 7.98. The van der Waals surface area contributed by atoms with Crippen molar-refractivity contribution in [2.24, 2.45) is 5.41 Å². The third-order valence-electron chi connectivity index (χ3n) is 3.36. The molecule has 1 heterocycles. The van der Waals surface area contributed by atoms with Crippen LogP contribution in [-0.2, 0) is 10.5 Å². The summed E-state index contributed by atoms with van der Waals surface area (Å²) in [5.41, 5.74) is 1.99. The average molecular weight is 281 g/mol. The van der Waals surface area contributed by atoms with Crippen molar-refractivity contribution in [2.75, 3.05) is 12.9 Å². The normalized spacial score (nSPS) is 16.1. The summed E-state index contributed by atoms with van der Waals surface area (Å²) in [6.45, 7) is 1.95. The third-order valence-corrected chi connectivity index (χ3v) is 4.67. The van der Waals surface area contributed by atoms with Gasteiger partial charge < -0.3 is 9.84 Å². The van der Waals surface area contributed by atoms with Gasteiger partial charge in [0.25, 0.3) is 0 Å². The fourth-order valence-electron chi connectivity index (χ4n) is 2.14. The van der Waals surface area contributed by atoms with Gasteiger partial charge in [0.05, 0.1) is 19.2 Å². The first-order valence-corrected chi connectivity index (χ1v) is 7.50. The van der Waals surface area contributed by atoms with E-state index in [0.29, 0.717) is 6.42 Å². The van der Waals surface area contributed by atoms with Crippen LogP contribution in [0.1, 0.15) is 30.7 Å². The molecule has 0 aliphatic heterocycles. The SMILES string of the molecule is COc1cc(C)nc(CSCC2(CC(=O)O)CC2)c1. The molecule has 0 atom stereocenters. The minimum absolute atomic E-state index is 0.0460. The van der Waals surface area contributed by atoms with Crippen molar-refractivity contribution in [3.63, 3.8) is 0 Å². The molecule has 104 valence electrons. The molecule has 0 radical (unpaired) electrons. The monoisotopic (exact) mass is 281 g/mol. The number of carboxylic acids is 1. The van der Waals surface area contributed by atoms with Gasteiger partial charge in [-0.2, -0.15) is 11.8 Å². The van der Waals surface area contributed by atoms with Gasteiger partial charge in [-0.3, -0.25) is 9.78 Å². The Labute approximate surface area is 117 Å². The lowest BCUT2D eigenvalue weighted by Gasteiger charge is -2.12. The molecule has 1 aliphatic carbocycles. The van der Waals surface area contributed by atoms with Gasteiger partial charge in [-0.1, -0.05) is 0 Å². The molecule has 0 spiro atoms. The molecule has 2 rings (SSSR count). The highest BCUT2D eigenvalue weighted by atomic mass is 32.2. The molecule has 0 bridgehead atoms. The molecule has 5 heteroatoms. The Balaban J connectivity index is 1.86. The van der Waals surface area contributed by atoms with E-state index in [1.807, 2.05) is 19.1 Å². The van der Waals surface area contributed by atoms with E-state index in [-0.39, 0.29) is 5.41 Å². The maximum atomic E-state index is 10.8. The summed E-state index contributed by atoms with van der Waals surface area (Å²) in [6, 6.07) is 3.84. The van der Waals surface area contributed by atoms with Crippen LogP contribution in [0.3, 0.4) is 0 Å². The van der Waals surface area contributed by atoms with Crippen molar-refractivity contribution in [3.05, 3.63) is 23.5 Å². The molecule has 1 fully saturated rings. The zero-order chi connectivity index (χ0) is 13.9. The number of carboxylic acid groups (broad SMARTS) is 1. The largest absolute Gasteiger partial charge is 0.497 e. The molecule has 19 heavy (non-hydrogen) atoms. The molecular weight excluding hydrogens is 262 g/mol. The van der Waals surface area contributed by atoms with Crippen LogP contribution in [0.2, 0.25) is 0 Å². The number of aromatic nitrogens is 1. The van der Waals surface area contributed by atoms with Crippen molar-refractivity contribution >= 4 is 17.7 Å². The third kappa shape index (κ3) is 4.13. The van der Waals surface area contributed by atoms with Gasteiger partial charge in [0.2, 0.25) is 0 Å². The molecule has 0 saturated heterocycles. The molecule has 1 aromatic rings. The molecule has 0 unspecified atom stereocenters. The van der Waals surface area contributed by atoms with Gasteiger partial charge in [-0.15, -0.1) is 0 Å². The number of hydrogen-bond donors (Lipinski definition) is 1. The lowest BCUT2D eigenvalue weighted by atomic mass is 10.1. The molecule has 1 saturated carbocycles. The summed E-state index contributed by atoms with van der Waals surface area (Å²) in [7, 11) is 1.65. The van der Waals surface area contributed by atoms with Crippen LogP contribution < -0.4 is 4.74 Å². The average Bonchev–Trinajstić information content (AvgIpc) is 3.07. The van der Waals surface area contributed by atoms with Crippen LogP contribution in [0.5, 0.6) is 5.75 Å². The van der Waals surface area contributed by atoms with E-state index < -0.39 is 5.97 Å². The maximum Gasteiger partial charge on any atom is 0.303 e. The van der Waals surface area contributed by atoms with Crippen molar-refractivity contribution in [2.45, 2.75) is 31.9 Å². The number of thioether (sulfide) groups is 1. The Morgan fingerprint density at radius 3 is 2.84 bits per heavy atom. The summed E-state index contributed by atoms with van der Waals surface area (Å²) in [6.07, 6.45) is 2.37. The lowest BCUT2D eigenvalue weighted by molar-refractivity contribution is -0.138. The number of rotatable bonds is 7. The Hall–Kier alpha value is -1.23. The van der Waals surface area contributed by atoms with Crippen molar-refractivity contribution in [1.82, 2.24) is 4.98 Å². The quantitative estimate of drug-likeness (QED) is 0.832. The smallest absolute Gasteiger partial charge is 0.303 e. The number of aliphatic carboxylic acids is 1. The van der Waals surface area contributed by atoms with Crippen LogP contribution >= 0.6 is 11.8 Å². The summed E-state index contributed by atoms with van der Waals surface area (Å²) in [5, 5.41) is 8.87. The molecule has 4 nitrogen and oxygen atoms in total. The predicted molar refractivity (Wildman–Crippen MR) is 75.6 cm³/mol. The number of aryl methyl sites for hydroxylation is 1. The number of pyridine rings is 1. The minimum Gasteiger partial charge on any atom is -0.497 e. The zero-order valence-corrected chi connectivity index (χ0v) is 12.1. The predicted octanol–water partition coefficient (Wildman–Crippen LogP) is 2.89. The van der Waals surface area contributed by atoms with Gasteiger partial charge in [0.1, 0.15) is 5.75 Å². The Bertz CT molecular complexity index is 472. The number of methoxy groups -OCH3 is 1. The molecule has 0 aromatic carbocycles. The maximum absolute atomic E-state index is 10.8. The standard InChI is InChI=1S/C14H19NO3S/c1-10-5-12(18-2)6-11(15-10)8-19-9-14(3-4-14)7-13(16)17/h5-6H,3-4,7-9H2,1-2H3,(H,16,17). The Morgan fingerprint density at radius 2 is 2.26 bits per heavy atom. The van der Waals surface area contributed by atoms with Gasteiger partial charge in [0.15, 0.2) is 0 Å². The summed E-state index contributed by atoms with van der Waals surface area (Å²) in [4.78, 5) is 15.2. The van der Waals surface area contributed by atoms with E-state index in [4.69, 9.17) is 9.84 Å². The van der Waals surface area contributed by atoms with Gasteiger partial charge in [-0.25, -0.2) is 0 Å². The van der Waals surface area contributed by atoms with Crippen LogP contribution in [0.15, 0.2) is 12.1 Å². The fraction of sp³-hybridized carbons (Fsp3) is 0.571. The van der Waals surface area contributed by atoms with E-state index in [2.05, 4.69) is 4.98 Å². The number of carbonyl (C=O) groups is 1. The lowest BCUT2D eigenvalue weighted by Crippen LogP contribution is -2.11. The first kappa shape index (κ1) is 14.2. The second-order valence-corrected chi connectivity index (χ2v) is 6.19.